The summed E-state index contributed by atoms with van der Waals surface area (Å²) in [5, 5.41) is 5.20. The van der Waals surface area contributed by atoms with Crippen LogP contribution in [0.3, 0.4) is 0 Å². The summed E-state index contributed by atoms with van der Waals surface area (Å²) in [6.07, 6.45) is 0.978. The van der Waals surface area contributed by atoms with Crippen LogP contribution in [0.15, 0.2) is 40.7 Å². The van der Waals surface area contributed by atoms with Crippen molar-refractivity contribution in [1.29, 1.82) is 0 Å². The molecule has 1 unspecified atom stereocenters. The molecular weight excluding hydrogens is 310 g/mol. The zero-order valence-corrected chi connectivity index (χ0v) is 14.2. The van der Waals surface area contributed by atoms with Gasteiger partial charge in [0.15, 0.2) is 5.96 Å². The third-order valence-corrected chi connectivity index (χ3v) is 4.96. The van der Waals surface area contributed by atoms with E-state index in [-0.39, 0.29) is 0 Å². The average Bonchev–Trinajstić information content (AvgIpc) is 3.04. The van der Waals surface area contributed by atoms with Crippen molar-refractivity contribution in [2.45, 2.75) is 18.9 Å². The molecule has 6 heteroatoms. The molecule has 0 spiro atoms. The van der Waals surface area contributed by atoms with Crippen molar-refractivity contribution in [1.82, 2.24) is 0 Å². The highest BCUT2D eigenvalue weighted by atomic mass is 32.1. The Hall–Kier alpha value is -2.05. The quantitative estimate of drug-likeness (QED) is 0.667. The smallest absolute Gasteiger partial charge is 0.193 e. The minimum atomic E-state index is -0.403. The molecule has 5 nitrogen and oxygen atoms in total. The number of hydrogen-bond acceptors (Lipinski definition) is 4. The molecule has 1 aromatic carbocycles. The van der Waals surface area contributed by atoms with E-state index in [0.717, 1.165) is 24.5 Å². The number of benzene rings is 1. The Morgan fingerprint density at radius 1 is 1.39 bits per heavy atom. The first-order valence-corrected chi connectivity index (χ1v) is 8.40. The van der Waals surface area contributed by atoms with E-state index in [4.69, 9.17) is 15.2 Å². The van der Waals surface area contributed by atoms with Gasteiger partial charge in [-0.1, -0.05) is 0 Å². The van der Waals surface area contributed by atoms with Gasteiger partial charge in [-0.05, 0) is 48.2 Å². The molecule has 3 rings (SSSR count). The van der Waals surface area contributed by atoms with Crippen molar-refractivity contribution in [2.75, 3.05) is 25.6 Å². The van der Waals surface area contributed by atoms with Gasteiger partial charge < -0.3 is 20.5 Å². The average molecular weight is 331 g/mol. The Balaban J connectivity index is 1.67. The number of hydrogen-bond donors (Lipinski definition) is 2. The van der Waals surface area contributed by atoms with Crippen LogP contribution >= 0.6 is 11.3 Å². The molecule has 0 saturated heterocycles. The molecule has 2 heterocycles. The number of fused-ring (bicyclic) bond motifs is 1. The zero-order chi connectivity index (χ0) is 16.3. The van der Waals surface area contributed by atoms with Gasteiger partial charge in [-0.25, -0.2) is 4.99 Å². The number of ether oxygens (including phenoxy) is 2. The van der Waals surface area contributed by atoms with E-state index in [1.807, 2.05) is 24.3 Å². The van der Waals surface area contributed by atoms with Crippen LogP contribution in [0, 0.1) is 0 Å². The predicted octanol–water partition coefficient (Wildman–Crippen LogP) is 2.97. The van der Waals surface area contributed by atoms with E-state index in [0.29, 0.717) is 12.5 Å². The third-order valence-electron chi connectivity index (χ3n) is 3.98. The van der Waals surface area contributed by atoms with Crippen LogP contribution in [0.25, 0.3) is 0 Å². The Labute approximate surface area is 140 Å². The number of anilines is 1. The maximum atomic E-state index is 6.00. The van der Waals surface area contributed by atoms with E-state index in [1.54, 1.807) is 18.4 Å². The van der Waals surface area contributed by atoms with Crippen LogP contribution in [-0.4, -0.2) is 26.2 Å². The highest BCUT2D eigenvalue weighted by molar-refractivity contribution is 7.10. The molecule has 122 valence electrons. The molecule has 0 amide bonds. The van der Waals surface area contributed by atoms with Gasteiger partial charge in [0.1, 0.15) is 11.4 Å². The molecule has 3 N–H and O–H groups in total. The van der Waals surface area contributed by atoms with Gasteiger partial charge in [0.2, 0.25) is 0 Å². The number of methoxy groups -OCH3 is 1. The number of nitrogens with zero attached hydrogens (tertiary/aromatic N) is 1. The lowest BCUT2D eigenvalue weighted by atomic mass is 9.93. The summed E-state index contributed by atoms with van der Waals surface area (Å²) in [6, 6.07) is 9.67. The summed E-state index contributed by atoms with van der Waals surface area (Å²) >= 11 is 1.78. The van der Waals surface area contributed by atoms with E-state index < -0.39 is 5.60 Å². The van der Waals surface area contributed by atoms with E-state index in [1.165, 1.54) is 10.4 Å². The predicted molar refractivity (Wildman–Crippen MR) is 94.4 cm³/mol. The minimum Gasteiger partial charge on any atom is -0.497 e. The summed E-state index contributed by atoms with van der Waals surface area (Å²) in [6.45, 7) is 3.29. The van der Waals surface area contributed by atoms with E-state index in [9.17, 15) is 0 Å². The van der Waals surface area contributed by atoms with Crippen molar-refractivity contribution >= 4 is 23.0 Å². The SMILES string of the molecule is COc1ccc(NC(N)=NCC2(C)OCCc3sccc32)cc1. The molecule has 1 aliphatic heterocycles. The van der Waals surface area contributed by atoms with Gasteiger partial charge in [-0.2, -0.15) is 0 Å². The fourth-order valence-corrected chi connectivity index (χ4v) is 3.66. The van der Waals surface area contributed by atoms with Gasteiger partial charge in [-0.15, -0.1) is 11.3 Å². The summed E-state index contributed by atoms with van der Waals surface area (Å²) in [5.41, 5.74) is 7.70. The standard InChI is InChI=1S/C17H21N3O2S/c1-17(14-8-10-23-15(14)7-9-22-17)11-19-16(18)20-12-3-5-13(21-2)6-4-12/h3-6,8,10H,7,9,11H2,1-2H3,(H3,18,19,20). The van der Waals surface area contributed by atoms with Crippen LogP contribution in [0.2, 0.25) is 0 Å². The molecule has 2 aromatic rings. The first-order valence-electron chi connectivity index (χ1n) is 7.52. The largest absolute Gasteiger partial charge is 0.497 e. The summed E-state index contributed by atoms with van der Waals surface area (Å²) in [5.74, 6) is 1.18. The second-order valence-electron chi connectivity index (χ2n) is 5.64. The molecule has 1 aromatic heterocycles. The number of guanidine groups is 1. The lowest BCUT2D eigenvalue weighted by Crippen LogP contribution is -2.36. The highest BCUT2D eigenvalue weighted by Crippen LogP contribution is 2.36. The molecule has 1 aliphatic rings. The normalized spacial score (nSPS) is 20.9. The molecule has 0 saturated carbocycles. The number of thiophene rings is 1. The van der Waals surface area contributed by atoms with E-state index >= 15 is 0 Å². The molecule has 0 bridgehead atoms. The fraction of sp³-hybridized carbons (Fsp3) is 0.353. The van der Waals surface area contributed by atoms with Crippen molar-refractivity contribution < 1.29 is 9.47 Å². The molecule has 0 fully saturated rings. The van der Waals surface area contributed by atoms with Crippen LogP contribution in [0.4, 0.5) is 5.69 Å². The Morgan fingerprint density at radius 3 is 2.91 bits per heavy atom. The van der Waals surface area contributed by atoms with Crippen molar-refractivity contribution in [2.24, 2.45) is 10.7 Å². The van der Waals surface area contributed by atoms with Gasteiger partial charge in [0, 0.05) is 17.0 Å². The number of nitrogens with two attached hydrogens (primary N) is 1. The van der Waals surface area contributed by atoms with Crippen molar-refractivity contribution in [3.8, 4) is 5.75 Å². The lowest BCUT2D eigenvalue weighted by Gasteiger charge is -2.33. The maximum Gasteiger partial charge on any atom is 0.193 e. The topological polar surface area (TPSA) is 68.9 Å². The maximum absolute atomic E-state index is 6.00. The molecule has 1 atom stereocenters. The fourth-order valence-electron chi connectivity index (χ4n) is 2.68. The van der Waals surface area contributed by atoms with Gasteiger partial charge in [0.25, 0.3) is 0 Å². The number of nitrogens with one attached hydrogen (secondary N) is 1. The summed E-state index contributed by atoms with van der Waals surface area (Å²) < 4.78 is 11.1. The van der Waals surface area contributed by atoms with Crippen LogP contribution in [0.5, 0.6) is 5.75 Å². The summed E-state index contributed by atoms with van der Waals surface area (Å²) in [4.78, 5) is 5.85. The second kappa shape index (κ2) is 6.60. The first kappa shape index (κ1) is 15.8. The summed E-state index contributed by atoms with van der Waals surface area (Å²) in [7, 11) is 1.64. The van der Waals surface area contributed by atoms with Crippen LogP contribution < -0.4 is 15.8 Å². The molecule has 0 radical (unpaired) electrons. The lowest BCUT2D eigenvalue weighted by molar-refractivity contribution is -0.0374. The third kappa shape index (κ3) is 3.48. The molecule has 0 aliphatic carbocycles. The zero-order valence-electron chi connectivity index (χ0n) is 13.3. The van der Waals surface area contributed by atoms with E-state index in [2.05, 4.69) is 28.7 Å². The first-order chi connectivity index (χ1) is 11.1. The number of aliphatic imine (C=N–C) groups is 1. The van der Waals surface area contributed by atoms with Crippen molar-refractivity contribution in [3.63, 3.8) is 0 Å². The Kier molecular flexibility index (Phi) is 4.54. The van der Waals surface area contributed by atoms with Gasteiger partial charge in [-0.3, -0.25) is 0 Å². The minimum absolute atomic E-state index is 0.377. The second-order valence-corrected chi connectivity index (χ2v) is 6.64. The van der Waals surface area contributed by atoms with Gasteiger partial charge in [0.05, 0.1) is 20.3 Å². The number of rotatable bonds is 4. The Morgan fingerprint density at radius 2 is 2.17 bits per heavy atom. The monoisotopic (exact) mass is 331 g/mol. The molecular formula is C17H21N3O2S. The van der Waals surface area contributed by atoms with Gasteiger partial charge >= 0.3 is 0 Å². The van der Waals surface area contributed by atoms with Crippen LogP contribution in [-0.2, 0) is 16.8 Å². The van der Waals surface area contributed by atoms with Crippen LogP contribution in [0.1, 0.15) is 17.4 Å². The van der Waals surface area contributed by atoms with Crippen molar-refractivity contribution in [3.05, 3.63) is 46.2 Å². The Bertz CT molecular complexity index is 696. The molecule has 23 heavy (non-hydrogen) atoms. The highest BCUT2D eigenvalue weighted by Gasteiger charge is 2.33.